The molecule has 2 atom stereocenters. The third-order valence-corrected chi connectivity index (χ3v) is 5.56. The molecule has 0 bridgehead atoms. The number of likely N-dealkylation sites (tertiary alicyclic amines) is 1. The molecule has 1 aliphatic heterocycles. The molecule has 0 spiro atoms. The minimum Gasteiger partial charge on any atom is -0.470 e. The number of ether oxygens (including phenoxy) is 1. The molecule has 7 nitrogen and oxygen atoms in total. The second-order valence-electron chi connectivity index (χ2n) is 8.03. The Labute approximate surface area is 185 Å². The number of anilines is 1. The number of fused-ring (bicyclic) bond motifs is 1. The molecule has 0 saturated carbocycles. The number of aromatic amines is 1. The molecule has 9 heteroatoms. The highest BCUT2D eigenvalue weighted by atomic mass is 19.3. The molecule has 0 amide bonds. The van der Waals surface area contributed by atoms with Gasteiger partial charge in [-0.2, -0.15) is 0 Å². The van der Waals surface area contributed by atoms with Crippen LogP contribution in [0.4, 0.5) is 14.6 Å². The largest absolute Gasteiger partial charge is 0.470 e. The maximum atomic E-state index is 12.4. The third kappa shape index (κ3) is 5.21. The molecule has 3 aromatic rings. The number of nitrogens with zero attached hydrogens (tertiary/aromatic N) is 4. The molecule has 1 fully saturated rings. The molecule has 3 heterocycles. The van der Waals surface area contributed by atoms with Crippen LogP contribution in [0.1, 0.15) is 31.7 Å². The van der Waals surface area contributed by atoms with E-state index in [2.05, 4.69) is 56.6 Å². The van der Waals surface area contributed by atoms with Crippen molar-refractivity contribution < 1.29 is 13.5 Å². The second kappa shape index (κ2) is 10.0. The van der Waals surface area contributed by atoms with E-state index in [1.54, 1.807) is 12.3 Å². The predicted molar refractivity (Wildman–Crippen MR) is 122 cm³/mol. The Morgan fingerprint density at radius 2 is 2.12 bits per heavy atom. The molecule has 0 aliphatic carbocycles. The zero-order valence-electron chi connectivity index (χ0n) is 18.3. The second-order valence-corrected chi connectivity index (χ2v) is 8.03. The predicted octanol–water partition coefficient (Wildman–Crippen LogP) is 4.31. The van der Waals surface area contributed by atoms with Gasteiger partial charge in [-0.1, -0.05) is 37.3 Å². The lowest BCUT2D eigenvalue weighted by Crippen LogP contribution is -2.23. The normalized spacial score (nSPS) is 19.7. The summed E-state index contributed by atoms with van der Waals surface area (Å²) in [6.45, 7) is 6.41. The topological polar surface area (TPSA) is 78.4 Å². The van der Waals surface area contributed by atoms with Crippen molar-refractivity contribution >= 4 is 22.6 Å². The Hall–Kier alpha value is -3.07. The van der Waals surface area contributed by atoms with E-state index in [4.69, 9.17) is 9.73 Å². The molecule has 1 aliphatic rings. The van der Waals surface area contributed by atoms with Gasteiger partial charge in [0.1, 0.15) is 5.82 Å². The van der Waals surface area contributed by atoms with Crippen LogP contribution >= 0.6 is 0 Å². The molecule has 32 heavy (non-hydrogen) atoms. The summed E-state index contributed by atoms with van der Waals surface area (Å²) in [5.41, 5.74) is 1.96. The van der Waals surface area contributed by atoms with Crippen LogP contribution in [0.25, 0.3) is 10.9 Å². The van der Waals surface area contributed by atoms with Gasteiger partial charge in [0.25, 0.3) is 6.43 Å². The molecule has 170 valence electrons. The maximum Gasteiger partial charge on any atom is 0.272 e. The highest BCUT2D eigenvalue weighted by molar-refractivity contribution is 5.95. The zero-order valence-corrected chi connectivity index (χ0v) is 18.3. The van der Waals surface area contributed by atoms with Gasteiger partial charge in [0.15, 0.2) is 6.61 Å². The standard InChI is InChI=1S/C23H28F2N6O/c1-3-9-31-12-18(16-7-5-4-6-8-16)20(13-31)27-15(2)28-22-10-19-17(11-26-22)23(30-29-19)32-14-21(24)25/h4-8,10-11,18,20-21H,3,9,12-14H2,1-2H3,(H,29,30)(H,26,27,28). The number of rotatable bonds is 8. The quantitative estimate of drug-likeness (QED) is 0.402. The van der Waals surface area contributed by atoms with Gasteiger partial charge in [-0.05, 0) is 25.5 Å². The number of hydrogen-bond acceptors (Lipinski definition) is 5. The Bertz CT molecular complexity index is 1060. The first-order valence-corrected chi connectivity index (χ1v) is 10.9. The number of H-pyrrole nitrogens is 1. The summed E-state index contributed by atoms with van der Waals surface area (Å²) < 4.78 is 29.8. The van der Waals surface area contributed by atoms with E-state index in [0.717, 1.165) is 31.9 Å². The number of aromatic nitrogens is 3. The molecule has 2 N–H and O–H groups in total. The van der Waals surface area contributed by atoms with Crippen LogP contribution < -0.4 is 10.1 Å². The Kier molecular flexibility index (Phi) is 6.94. The van der Waals surface area contributed by atoms with Crippen LogP contribution in [0.3, 0.4) is 0 Å². The van der Waals surface area contributed by atoms with Gasteiger partial charge in [-0.25, -0.2) is 13.8 Å². The smallest absolute Gasteiger partial charge is 0.272 e. The van der Waals surface area contributed by atoms with Crippen molar-refractivity contribution in [2.45, 2.75) is 38.7 Å². The number of hydrogen-bond donors (Lipinski definition) is 2. The van der Waals surface area contributed by atoms with Crippen LogP contribution in [0, 0.1) is 0 Å². The SMILES string of the molecule is CCCN1CC(N=C(C)Nc2cc3[nH]nc(OCC(F)F)c3cn2)C(c2ccccc2)C1. The highest BCUT2D eigenvalue weighted by Crippen LogP contribution is 2.30. The first-order chi connectivity index (χ1) is 15.5. The molecule has 1 saturated heterocycles. The van der Waals surface area contributed by atoms with Crippen molar-refractivity contribution in [1.82, 2.24) is 20.1 Å². The fourth-order valence-corrected chi connectivity index (χ4v) is 4.20. The maximum absolute atomic E-state index is 12.4. The van der Waals surface area contributed by atoms with E-state index >= 15 is 0 Å². The van der Waals surface area contributed by atoms with E-state index in [-0.39, 0.29) is 11.9 Å². The lowest BCUT2D eigenvalue weighted by atomic mass is 9.95. The highest BCUT2D eigenvalue weighted by Gasteiger charge is 2.33. The van der Waals surface area contributed by atoms with Crippen molar-refractivity contribution in [1.29, 1.82) is 0 Å². The lowest BCUT2D eigenvalue weighted by Gasteiger charge is -2.16. The summed E-state index contributed by atoms with van der Waals surface area (Å²) in [6.07, 6.45) is 0.116. The average Bonchev–Trinajstić information content (AvgIpc) is 3.36. The van der Waals surface area contributed by atoms with E-state index in [1.165, 1.54) is 5.56 Å². The van der Waals surface area contributed by atoms with Crippen LogP contribution in [0.2, 0.25) is 0 Å². The van der Waals surface area contributed by atoms with Crippen molar-refractivity contribution in [3.05, 3.63) is 48.2 Å². The summed E-state index contributed by atoms with van der Waals surface area (Å²) in [6, 6.07) is 12.5. The van der Waals surface area contributed by atoms with Gasteiger partial charge >= 0.3 is 0 Å². The molecule has 4 rings (SSSR count). The monoisotopic (exact) mass is 442 g/mol. The fraction of sp³-hybridized carbons (Fsp3) is 0.435. The van der Waals surface area contributed by atoms with Crippen molar-refractivity contribution in [2.75, 3.05) is 31.6 Å². The van der Waals surface area contributed by atoms with Crippen molar-refractivity contribution in [2.24, 2.45) is 4.99 Å². The minimum atomic E-state index is -2.56. The Morgan fingerprint density at radius 3 is 2.88 bits per heavy atom. The summed E-state index contributed by atoms with van der Waals surface area (Å²) in [7, 11) is 0. The number of alkyl halides is 2. The first kappa shape index (κ1) is 22.1. The fourth-order valence-electron chi connectivity index (χ4n) is 4.20. The third-order valence-electron chi connectivity index (χ3n) is 5.56. The van der Waals surface area contributed by atoms with E-state index in [0.29, 0.717) is 22.6 Å². The van der Waals surface area contributed by atoms with Gasteiger partial charge in [-0.15, -0.1) is 5.10 Å². The number of nitrogens with one attached hydrogen (secondary N) is 2. The molecular weight excluding hydrogens is 414 g/mol. The zero-order chi connectivity index (χ0) is 22.5. The summed E-state index contributed by atoms with van der Waals surface area (Å²) in [5.74, 6) is 1.84. The molecule has 1 aromatic carbocycles. The number of pyridine rings is 1. The van der Waals surface area contributed by atoms with E-state index in [9.17, 15) is 8.78 Å². The van der Waals surface area contributed by atoms with Crippen LogP contribution in [0.5, 0.6) is 5.88 Å². The van der Waals surface area contributed by atoms with Gasteiger partial charge < -0.3 is 15.0 Å². The summed E-state index contributed by atoms with van der Waals surface area (Å²) >= 11 is 0. The number of aliphatic imine (C=N–C) groups is 1. The van der Waals surface area contributed by atoms with Crippen LogP contribution in [0.15, 0.2) is 47.6 Å². The summed E-state index contributed by atoms with van der Waals surface area (Å²) in [5, 5.41) is 10.6. The van der Waals surface area contributed by atoms with E-state index in [1.807, 2.05) is 13.0 Å². The Balaban J connectivity index is 1.48. The van der Waals surface area contributed by atoms with E-state index < -0.39 is 13.0 Å². The van der Waals surface area contributed by atoms with Crippen molar-refractivity contribution in [3.8, 4) is 5.88 Å². The minimum absolute atomic E-state index is 0.123. The van der Waals surface area contributed by atoms with Crippen molar-refractivity contribution in [3.63, 3.8) is 0 Å². The van der Waals surface area contributed by atoms with Gasteiger partial charge in [0.2, 0.25) is 5.88 Å². The number of amidine groups is 1. The lowest BCUT2D eigenvalue weighted by molar-refractivity contribution is 0.0803. The number of halogens is 2. The average molecular weight is 443 g/mol. The van der Waals surface area contributed by atoms with Crippen LogP contribution in [-0.2, 0) is 0 Å². The number of benzene rings is 1. The molecule has 0 radical (unpaired) electrons. The van der Waals surface area contributed by atoms with Gasteiger partial charge in [0.05, 0.1) is 22.8 Å². The summed E-state index contributed by atoms with van der Waals surface area (Å²) in [4.78, 5) is 11.8. The molecular formula is C23H28F2N6O. The Morgan fingerprint density at radius 1 is 1.31 bits per heavy atom. The van der Waals surface area contributed by atoms with Crippen LogP contribution in [-0.4, -0.2) is 64.6 Å². The molecule has 2 aromatic heterocycles. The first-order valence-electron chi connectivity index (χ1n) is 10.9. The molecule has 2 unspecified atom stereocenters. The van der Waals surface area contributed by atoms with Gasteiger partial charge in [0, 0.05) is 31.3 Å². The van der Waals surface area contributed by atoms with Gasteiger partial charge in [-0.3, -0.25) is 10.1 Å².